The van der Waals surface area contributed by atoms with E-state index in [1.54, 1.807) is 7.11 Å². The van der Waals surface area contributed by atoms with Gasteiger partial charge in [0.25, 0.3) is 0 Å². The monoisotopic (exact) mass is 582 g/mol. The molecule has 5 aromatic rings. The van der Waals surface area contributed by atoms with Crippen LogP contribution in [0.5, 0.6) is 11.6 Å². The number of methoxy groups -OCH3 is 1. The van der Waals surface area contributed by atoms with E-state index in [0.29, 0.717) is 36.3 Å². The van der Waals surface area contributed by atoms with Crippen molar-refractivity contribution in [2.75, 3.05) is 7.11 Å². The van der Waals surface area contributed by atoms with Crippen LogP contribution in [0, 0.1) is 5.92 Å². The Morgan fingerprint density at radius 3 is 2.55 bits per heavy atom. The molecule has 7 nitrogen and oxygen atoms in total. The van der Waals surface area contributed by atoms with Crippen LogP contribution in [0.25, 0.3) is 28.5 Å². The number of benzene rings is 3. The van der Waals surface area contributed by atoms with Crippen LogP contribution in [0.4, 0.5) is 0 Å². The van der Waals surface area contributed by atoms with Gasteiger partial charge in [0.15, 0.2) is 5.76 Å². The second-order valence-corrected chi connectivity index (χ2v) is 11.7. The van der Waals surface area contributed by atoms with Gasteiger partial charge < -0.3 is 19.0 Å². The fourth-order valence-corrected chi connectivity index (χ4v) is 6.60. The topological polar surface area (TPSA) is 86.7 Å². The summed E-state index contributed by atoms with van der Waals surface area (Å²) in [7, 11) is 1.64. The molecule has 2 aromatic heterocycles. The molecule has 0 radical (unpaired) electrons. The van der Waals surface area contributed by atoms with Gasteiger partial charge in [0.1, 0.15) is 11.4 Å². The Bertz CT molecular complexity index is 1680. The lowest BCUT2D eigenvalue weighted by Crippen LogP contribution is -2.23. The van der Waals surface area contributed by atoms with Gasteiger partial charge >= 0.3 is 4.87 Å². The number of hydrogen-bond donors (Lipinski definition) is 1. The number of para-hydroxylation sites is 1. The van der Waals surface area contributed by atoms with Gasteiger partial charge in [0.05, 0.1) is 30.4 Å². The largest absolute Gasteiger partial charge is 0.497 e. The fourth-order valence-electron chi connectivity index (χ4n) is 5.71. The molecule has 2 atom stereocenters. The summed E-state index contributed by atoms with van der Waals surface area (Å²) in [5, 5.41) is 10.8. The molecule has 42 heavy (non-hydrogen) atoms. The Labute approximate surface area is 249 Å². The lowest BCUT2D eigenvalue weighted by molar-refractivity contribution is 0.00000570. The normalized spacial score (nSPS) is 16.9. The molecular weight excluding hydrogens is 548 g/mol. The smallest absolute Gasteiger partial charge is 0.314 e. The van der Waals surface area contributed by atoms with Crippen molar-refractivity contribution in [3.05, 3.63) is 105 Å². The minimum Gasteiger partial charge on any atom is -0.497 e. The Kier molecular flexibility index (Phi) is 8.53. The maximum Gasteiger partial charge on any atom is 0.314 e. The highest BCUT2D eigenvalue weighted by Crippen LogP contribution is 2.35. The van der Waals surface area contributed by atoms with E-state index in [4.69, 9.17) is 18.9 Å². The molecule has 2 heterocycles. The molecule has 0 amide bonds. The minimum absolute atomic E-state index is 0.0612. The zero-order chi connectivity index (χ0) is 28.9. The number of oxazole rings is 1. The highest BCUT2D eigenvalue weighted by atomic mass is 32.1. The van der Waals surface area contributed by atoms with E-state index >= 15 is 0 Å². The van der Waals surface area contributed by atoms with Crippen molar-refractivity contribution in [3.63, 3.8) is 0 Å². The van der Waals surface area contributed by atoms with E-state index in [1.807, 2.05) is 84.9 Å². The first-order chi connectivity index (χ1) is 20.6. The average molecular weight is 583 g/mol. The molecule has 1 saturated carbocycles. The number of ether oxygens (including phenoxy) is 2. The van der Waals surface area contributed by atoms with Crippen molar-refractivity contribution >= 4 is 11.3 Å². The van der Waals surface area contributed by atoms with Gasteiger partial charge in [-0.1, -0.05) is 78.8 Å². The number of hydrogen-bond acceptors (Lipinski definition) is 7. The van der Waals surface area contributed by atoms with Crippen LogP contribution in [-0.2, 0) is 17.8 Å². The molecule has 0 aliphatic heterocycles. The Morgan fingerprint density at radius 1 is 1.00 bits per heavy atom. The summed E-state index contributed by atoms with van der Waals surface area (Å²) in [4.78, 5) is 18.1. The molecule has 1 fully saturated rings. The summed E-state index contributed by atoms with van der Waals surface area (Å²) in [6.45, 7) is 0.359. The third-order valence-electron chi connectivity index (χ3n) is 7.89. The minimum atomic E-state index is -0.159. The third kappa shape index (κ3) is 6.20. The summed E-state index contributed by atoms with van der Waals surface area (Å²) in [5.74, 6) is 2.52. The predicted octanol–water partition coefficient (Wildman–Crippen LogP) is 7.64. The van der Waals surface area contributed by atoms with Gasteiger partial charge in [-0.15, -0.1) is 0 Å². The zero-order valence-electron chi connectivity index (χ0n) is 23.6. The SMILES string of the molecule is COc1cccc(-c2nc(COC3CCCC(CCc4sc(=O)n(-c5ccccc5)c4O)C3)c(-c3ccccc3)o2)c1. The van der Waals surface area contributed by atoms with E-state index in [0.717, 1.165) is 70.9 Å². The highest BCUT2D eigenvalue weighted by molar-refractivity contribution is 7.09. The number of aromatic nitrogens is 2. The quantitative estimate of drug-likeness (QED) is 0.182. The van der Waals surface area contributed by atoms with E-state index in [9.17, 15) is 9.90 Å². The molecule has 1 N–H and O–H groups in total. The van der Waals surface area contributed by atoms with Gasteiger partial charge in [0.2, 0.25) is 11.8 Å². The van der Waals surface area contributed by atoms with Crippen molar-refractivity contribution in [3.8, 4) is 40.1 Å². The Morgan fingerprint density at radius 2 is 1.76 bits per heavy atom. The maximum atomic E-state index is 12.6. The van der Waals surface area contributed by atoms with Gasteiger partial charge in [-0.25, -0.2) is 9.55 Å². The van der Waals surface area contributed by atoms with Gasteiger partial charge in [0, 0.05) is 11.1 Å². The van der Waals surface area contributed by atoms with Crippen LogP contribution in [0.1, 0.15) is 42.7 Å². The summed E-state index contributed by atoms with van der Waals surface area (Å²) < 4.78 is 19.5. The molecule has 1 aliphatic carbocycles. The van der Waals surface area contributed by atoms with E-state index in [1.165, 1.54) is 4.57 Å². The molecule has 0 spiro atoms. The van der Waals surface area contributed by atoms with Crippen molar-refractivity contribution in [2.24, 2.45) is 5.92 Å². The molecule has 216 valence electrons. The first-order valence-electron chi connectivity index (χ1n) is 14.4. The predicted molar refractivity (Wildman–Crippen MR) is 164 cm³/mol. The summed E-state index contributed by atoms with van der Waals surface area (Å²) >= 11 is 1.13. The maximum absolute atomic E-state index is 12.6. The molecule has 1 aliphatic rings. The van der Waals surface area contributed by atoms with Crippen molar-refractivity contribution in [1.82, 2.24) is 9.55 Å². The number of thiazole rings is 1. The Balaban J connectivity index is 1.12. The summed E-state index contributed by atoms with van der Waals surface area (Å²) in [5.41, 5.74) is 3.27. The van der Waals surface area contributed by atoms with Crippen LogP contribution < -0.4 is 9.61 Å². The summed E-state index contributed by atoms with van der Waals surface area (Å²) in [6.07, 6.45) is 5.84. The third-order valence-corrected chi connectivity index (χ3v) is 8.88. The molecular formula is C34H34N2O5S. The highest BCUT2D eigenvalue weighted by Gasteiger charge is 2.25. The lowest BCUT2D eigenvalue weighted by Gasteiger charge is -2.29. The standard InChI is InChI=1S/C34H34N2O5S/c1-39-27-16-9-13-25(21-27)32-35-29(31(41-32)24-11-4-2-5-12-24)22-40-28-17-8-10-23(20-28)18-19-30-33(37)36(34(38)42-30)26-14-6-3-7-15-26/h2-7,9,11-16,21,23,28,37H,8,10,17-20,22H2,1H3. The van der Waals surface area contributed by atoms with Crippen LogP contribution in [0.3, 0.4) is 0 Å². The van der Waals surface area contributed by atoms with Crippen molar-refractivity contribution in [2.45, 2.75) is 51.2 Å². The molecule has 6 rings (SSSR count). The number of rotatable bonds is 10. The fraction of sp³-hybridized carbons (Fsp3) is 0.294. The first-order valence-corrected chi connectivity index (χ1v) is 15.2. The molecule has 2 unspecified atom stereocenters. The van der Waals surface area contributed by atoms with Crippen LogP contribution in [0.15, 0.2) is 94.1 Å². The van der Waals surface area contributed by atoms with Gasteiger partial charge in [-0.2, -0.15) is 0 Å². The van der Waals surface area contributed by atoms with Gasteiger partial charge in [-0.3, -0.25) is 4.79 Å². The lowest BCUT2D eigenvalue weighted by atomic mass is 9.84. The number of nitrogens with zero attached hydrogens (tertiary/aromatic N) is 2. The van der Waals surface area contributed by atoms with Crippen molar-refractivity contribution in [1.29, 1.82) is 0 Å². The second kappa shape index (κ2) is 12.8. The van der Waals surface area contributed by atoms with Crippen molar-refractivity contribution < 1.29 is 19.0 Å². The van der Waals surface area contributed by atoms with Crippen LogP contribution >= 0.6 is 11.3 Å². The van der Waals surface area contributed by atoms with E-state index in [2.05, 4.69) is 0 Å². The summed E-state index contributed by atoms with van der Waals surface area (Å²) in [6, 6.07) is 27.0. The van der Waals surface area contributed by atoms with E-state index < -0.39 is 0 Å². The van der Waals surface area contributed by atoms with Gasteiger partial charge in [-0.05, 0) is 61.9 Å². The Hall–Kier alpha value is -4.14. The van der Waals surface area contributed by atoms with Crippen LogP contribution in [0.2, 0.25) is 0 Å². The second-order valence-electron chi connectivity index (χ2n) is 10.7. The number of aryl methyl sites for hydroxylation is 1. The van der Waals surface area contributed by atoms with Crippen LogP contribution in [-0.4, -0.2) is 27.9 Å². The number of aromatic hydroxyl groups is 1. The zero-order valence-corrected chi connectivity index (χ0v) is 24.4. The molecule has 8 heteroatoms. The molecule has 3 aromatic carbocycles. The first kappa shape index (κ1) is 28.0. The molecule has 0 bridgehead atoms. The molecule has 0 saturated heterocycles. The van der Waals surface area contributed by atoms with E-state index in [-0.39, 0.29) is 16.9 Å². The average Bonchev–Trinajstić information content (AvgIpc) is 3.60.